The van der Waals surface area contributed by atoms with Crippen LogP contribution in [0.15, 0.2) is 24.5 Å². The summed E-state index contributed by atoms with van der Waals surface area (Å²) in [5, 5.41) is 3.42. The molecule has 0 spiro atoms. The lowest BCUT2D eigenvalue weighted by Crippen LogP contribution is -2.17. The summed E-state index contributed by atoms with van der Waals surface area (Å²) in [6, 6.07) is 4.51. The van der Waals surface area contributed by atoms with E-state index in [0.717, 1.165) is 11.4 Å². The molecule has 0 amide bonds. The molecule has 1 atom stereocenters. The lowest BCUT2D eigenvalue weighted by atomic mass is 10.3. The van der Waals surface area contributed by atoms with Crippen molar-refractivity contribution >= 4 is 17.4 Å². The van der Waals surface area contributed by atoms with Crippen LogP contribution in [0, 0.1) is 0 Å². The zero-order valence-corrected chi connectivity index (χ0v) is 8.97. The minimum Gasteiger partial charge on any atom is -0.382 e. The molecule has 0 aliphatic carbocycles. The van der Waals surface area contributed by atoms with Crippen LogP contribution in [-0.4, -0.2) is 22.5 Å². The fourth-order valence-electron chi connectivity index (χ4n) is 1.07. The zero-order chi connectivity index (χ0) is 9.52. The van der Waals surface area contributed by atoms with Gasteiger partial charge in [-0.15, -0.1) is 0 Å². The molecule has 0 radical (unpaired) electrons. The highest BCUT2D eigenvalue weighted by molar-refractivity contribution is 7.99. The fraction of sp³-hybridized carbons (Fsp3) is 0.500. The van der Waals surface area contributed by atoms with Gasteiger partial charge in [0.15, 0.2) is 0 Å². The lowest BCUT2D eigenvalue weighted by Gasteiger charge is -2.13. The van der Waals surface area contributed by atoms with Crippen LogP contribution in [-0.2, 0) is 0 Å². The van der Waals surface area contributed by atoms with Crippen LogP contribution in [0.5, 0.6) is 0 Å². The summed E-state index contributed by atoms with van der Waals surface area (Å²) in [6.45, 7) is 4.38. The highest BCUT2D eigenvalue weighted by atomic mass is 32.2. The van der Waals surface area contributed by atoms with Crippen molar-refractivity contribution in [2.45, 2.75) is 19.9 Å². The summed E-state index contributed by atoms with van der Waals surface area (Å²) < 4.78 is 0. The predicted molar refractivity (Wildman–Crippen MR) is 60.3 cm³/mol. The summed E-state index contributed by atoms with van der Waals surface area (Å²) in [5.41, 5.74) is 1.15. The number of aromatic nitrogens is 1. The van der Waals surface area contributed by atoms with Crippen molar-refractivity contribution in [3.63, 3.8) is 0 Å². The quantitative estimate of drug-likeness (QED) is 0.783. The van der Waals surface area contributed by atoms with Gasteiger partial charge in [-0.25, -0.2) is 0 Å². The van der Waals surface area contributed by atoms with Crippen LogP contribution in [0.4, 0.5) is 5.69 Å². The first-order valence-corrected chi connectivity index (χ1v) is 5.72. The third-order valence-corrected chi connectivity index (χ3v) is 2.81. The summed E-state index contributed by atoms with van der Waals surface area (Å²) in [5.74, 6) is 2.33. The van der Waals surface area contributed by atoms with Gasteiger partial charge in [-0.2, -0.15) is 11.8 Å². The highest BCUT2D eigenvalue weighted by Crippen LogP contribution is 2.09. The maximum Gasteiger partial charge on any atom is 0.0373 e. The molecule has 3 heteroatoms. The minimum atomic E-state index is 0.521. The number of nitrogens with zero attached hydrogens (tertiary/aromatic N) is 1. The first-order valence-electron chi connectivity index (χ1n) is 4.57. The van der Waals surface area contributed by atoms with E-state index < -0.39 is 0 Å². The number of pyridine rings is 1. The second-order valence-electron chi connectivity index (χ2n) is 2.94. The molecule has 2 nitrogen and oxygen atoms in total. The Hall–Kier alpha value is -0.700. The van der Waals surface area contributed by atoms with Crippen LogP contribution >= 0.6 is 11.8 Å². The molecular weight excluding hydrogens is 180 g/mol. The van der Waals surface area contributed by atoms with Gasteiger partial charge in [0.25, 0.3) is 0 Å². The Labute approximate surface area is 84.1 Å². The van der Waals surface area contributed by atoms with E-state index in [1.165, 1.54) is 5.75 Å². The Bertz CT molecular complexity index is 226. The van der Waals surface area contributed by atoms with Crippen molar-refractivity contribution in [1.29, 1.82) is 0 Å². The molecule has 1 aromatic rings. The highest BCUT2D eigenvalue weighted by Gasteiger charge is 1.99. The molecule has 1 N–H and O–H groups in total. The van der Waals surface area contributed by atoms with Crippen molar-refractivity contribution in [3.05, 3.63) is 24.5 Å². The van der Waals surface area contributed by atoms with Crippen LogP contribution < -0.4 is 5.32 Å². The molecule has 72 valence electrons. The van der Waals surface area contributed by atoms with Gasteiger partial charge in [0.1, 0.15) is 0 Å². The van der Waals surface area contributed by atoms with Crippen LogP contribution in [0.1, 0.15) is 13.8 Å². The van der Waals surface area contributed by atoms with Crippen LogP contribution in [0.3, 0.4) is 0 Å². The number of hydrogen-bond acceptors (Lipinski definition) is 3. The Morgan fingerprint density at radius 1 is 1.46 bits per heavy atom. The molecule has 1 heterocycles. The topological polar surface area (TPSA) is 24.9 Å². The van der Waals surface area contributed by atoms with Crippen molar-refractivity contribution in [3.8, 4) is 0 Å². The summed E-state index contributed by atoms with van der Waals surface area (Å²) in [4.78, 5) is 3.97. The van der Waals surface area contributed by atoms with Crippen LogP contribution in [0.2, 0.25) is 0 Å². The summed E-state index contributed by atoms with van der Waals surface area (Å²) in [6.07, 6.45) is 3.62. The molecule has 0 aliphatic heterocycles. The third-order valence-electron chi connectivity index (χ3n) is 1.67. The molecule has 1 unspecified atom stereocenters. The summed E-state index contributed by atoms with van der Waals surface area (Å²) in [7, 11) is 0. The van der Waals surface area contributed by atoms with Crippen molar-refractivity contribution in [1.82, 2.24) is 4.98 Å². The van der Waals surface area contributed by atoms with Gasteiger partial charge in [0.05, 0.1) is 0 Å². The fourth-order valence-corrected chi connectivity index (χ4v) is 1.74. The number of thioether (sulfide) groups is 1. The van der Waals surface area contributed by atoms with Crippen molar-refractivity contribution < 1.29 is 0 Å². The van der Waals surface area contributed by atoms with Gasteiger partial charge in [0, 0.05) is 29.9 Å². The van der Waals surface area contributed by atoms with E-state index in [1.807, 2.05) is 36.3 Å². The standard InChI is InChI=1S/C10H16N2S/c1-3-13-8-9(2)12-10-4-6-11-7-5-10/h4-7,9H,3,8H2,1-2H3,(H,11,12). The monoisotopic (exact) mass is 196 g/mol. The molecule has 1 aromatic heterocycles. The maximum absolute atomic E-state index is 3.97. The van der Waals surface area contributed by atoms with E-state index in [-0.39, 0.29) is 0 Å². The van der Waals surface area contributed by atoms with Gasteiger partial charge in [-0.3, -0.25) is 4.98 Å². The Kier molecular flexibility index (Phi) is 4.68. The maximum atomic E-state index is 3.97. The average molecular weight is 196 g/mol. The van der Waals surface area contributed by atoms with E-state index in [9.17, 15) is 0 Å². The summed E-state index contributed by atoms with van der Waals surface area (Å²) >= 11 is 1.96. The molecule has 0 fully saturated rings. The van der Waals surface area contributed by atoms with Crippen molar-refractivity contribution in [2.75, 3.05) is 16.8 Å². The molecule has 0 bridgehead atoms. The Balaban J connectivity index is 2.32. The average Bonchev–Trinajstić information content (AvgIpc) is 2.16. The van der Waals surface area contributed by atoms with Gasteiger partial charge in [-0.1, -0.05) is 6.92 Å². The molecule has 0 aromatic carbocycles. The molecule has 1 rings (SSSR count). The first-order chi connectivity index (χ1) is 6.33. The molecule has 0 aliphatic rings. The second kappa shape index (κ2) is 5.86. The normalized spacial score (nSPS) is 12.5. The molecule has 0 saturated heterocycles. The minimum absolute atomic E-state index is 0.521. The number of hydrogen-bond donors (Lipinski definition) is 1. The van der Waals surface area contributed by atoms with Gasteiger partial charge < -0.3 is 5.32 Å². The third kappa shape index (κ3) is 4.18. The molecule has 13 heavy (non-hydrogen) atoms. The first kappa shape index (κ1) is 10.4. The number of rotatable bonds is 5. The van der Waals surface area contributed by atoms with Gasteiger partial charge >= 0.3 is 0 Å². The molecule has 0 saturated carbocycles. The predicted octanol–water partition coefficient (Wildman–Crippen LogP) is 2.64. The Morgan fingerprint density at radius 3 is 2.77 bits per heavy atom. The van der Waals surface area contributed by atoms with E-state index in [1.54, 1.807) is 0 Å². The van der Waals surface area contributed by atoms with E-state index in [2.05, 4.69) is 24.1 Å². The number of nitrogens with one attached hydrogen (secondary N) is 1. The van der Waals surface area contributed by atoms with Gasteiger partial charge in [0.2, 0.25) is 0 Å². The van der Waals surface area contributed by atoms with E-state index >= 15 is 0 Å². The second-order valence-corrected chi connectivity index (χ2v) is 4.26. The van der Waals surface area contributed by atoms with E-state index in [0.29, 0.717) is 6.04 Å². The van der Waals surface area contributed by atoms with E-state index in [4.69, 9.17) is 0 Å². The lowest BCUT2D eigenvalue weighted by molar-refractivity contribution is 0.912. The zero-order valence-electron chi connectivity index (χ0n) is 8.16. The van der Waals surface area contributed by atoms with Gasteiger partial charge in [-0.05, 0) is 24.8 Å². The Morgan fingerprint density at radius 2 is 2.15 bits per heavy atom. The smallest absolute Gasteiger partial charge is 0.0373 e. The number of anilines is 1. The van der Waals surface area contributed by atoms with Crippen LogP contribution in [0.25, 0.3) is 0 Å². The SMILES string of the molecule is CCSCC(C)Nc1ccncc1. The molecular formula is C10H16N2S. The van der Waals surface area contributed by atoms with Crippen molar-refractivity contribution in [2.24, 2.45) is 0 Å². The largest absolute Gasteiger partial charge is 0.382 e.